The van der Waals surface area contributed by atoms with E-state index >= 15 is 0 Å². The van der Waals surface area contributed by atoms with Crippen LogP contribution in [0.5, 0.6) is 0 Å². The summed E-state index contributed by atoms with van der Waals surface area (Å²) in [5, 5.41) is 3.98. The van der Waals surface area contributed by atoms with Gasteiger partial charge in [-0.15, -0.1) is 0 Å². The Labute approximate surface area is 138 Å². The molecule has 0 aliphatic rings. The lowest BCUT2D eigenvalue weighted by Crippen LogP contribution is -2.43. The monoisotopic (exact) mass is 356 g/mol. The second kappa shape index (κ2) is 10.7. The van der Waals surface area contributed by atoms with Crippen LogP contribution in [0, 0.1) is 0 Å². The summed E-state index contributed by atoms with van der Waals surface area (Å²) in [5.74, 6) is -1.43. The molecule has 2 N–H and O–H groups in total. The van der Waals surface area contributed by atoms with Gasteiger partial charge >= 0.3 is 5.97 Å². The minimum absolute atomic E-state index is 0.0676. The lowest BCUT2D eigenvalue weighted by atomic mass is 10.3. The van der Waals surface area contributed by atoms with E-state index in [-0.39, 0.29) is 30.4 Å². The highest BCUT2D eigenvalue weighted by molar-refractivity contribution is 7.80. The SMILES string of the molecule is CC(=O)N[C@@H](CS)C(=O)OCCC(=O)N[C@@H](CS)C(=O)Cl. The summed E-state index contributed by atoms with van der Waals surface area (Å²) in [7, 11) is 0. The average Bonchev–Trinajstić information content (AvgIpc) is 2.41. The van der Waals surface area contributed by atoms with Gasteiger partial charge in [0.05, 0.1) is 6.42 Å². The fourth-order valence-electron chi connectivity index (χ4n) is 1.21. The Balaban J connectivity index is 4.12. The molecule has 0 radical (unpaired) electrons. The molecule has 0 aromatic carbocycles. The van der Waals surface area contributed by atoms with Gasteiger partial charge in [0.1, 0.15) is 18.7 Å². The van der Waals surface area contributed by atoms with Crippen molar-refractivity contribution in [3.8, 4) is 0 Å². The van der Waals surface area contributed by atoms with Crippen LogP contribution in [0.3, 0.4) is 0 Å². The molecule has 0 rings (SSSR count). The van der Waals surface area contributed by atoms with Crippen molar-refractivity contribution in [1.29, 1.82) is 0 Å². The number of nitrogens with one attached hydrogen (secondary N) is 2. The van der Waals surface area contributed by atoms with Crippen molar-refractivity contribution >= 4 is 59.9 Å². The maximum absolute atomic E-state index is 11.6. The molecule has 0 fully saturated rings. The van der Waals surface area contributed by atoms with Crippen molar-refractivity contribution in [1.82, 2.24) is 10.6 Å². The van der Waals surface area contributed by atoms with Gasteiger partial charge in [0.15, 0.2) is 0 Å². The standard InChI is InChI=1S/C11H17ClN2O5S2/c1-6(15)13-8(5-21)11(18)19-3-2-9(16)14-7(4-20)10(12)17/h7-8,20-21H,2-5H2,1H3,(H,13,15)(H,14,16)/t7-,8-/m0/s1. The predicted molar refractivity (Wildman–Crippen MR) is 83.7 cm³/mol. The lowest BCUT2D eigenvalue weighted by Gasteiger charge is -2.15. The highest BCUT2D eigenvalue weighted by atomic mass is 35.5. The van der Waals surface area contributed by atoms with E-state index < -0.39 is 29.2 Å². The Kier molecular flexibility index (Phi) is 10.3. The van der Waals surface area contributed by atoms with Crippen LogP contribution in [-0.4, -0.2) is 53.2 Å². The summed E-state index contributed by atoms with van der Waals surface area (Å²) in [6.45, 7) is 1.07. The molecule has 0 bridgehead atoms. The number of hydrogen-bond acceptors (Lipinski definition) is 7. The Hall–Kier alpha value is -0.930. The van der Waals surface area contributed by atoms with E-state index in [4.69, 9.17) is 16.3 Å². The van der Waals surface area contributed by atoms with Gasteiger partial charge in [-0.2, -0.15) is 25.3 Å². The Morgan fingerprint density at radius 3 is 2.10 bits per heavy atom. The minimum atomic E-state index is -0.886. The van der Waals surface area contributed by atoms with E-state index in [2.05, 4.69) is 35.9 Å². The molecule has 0 aliphatic carbocycles. The smallest absolute Gasteiger partial charge is 0.329 e. The van der Waals surface area contributed by atoms with Gasteiger partial charge < -0.3 is 15.4 Å². The minimum Gasteiger partial charge on any atom is -0.464 e. The van der Waals surface area contributed by atoms with E-state index in [1.807, 2.05) is 0 Å². The van der Waals surface area contributed by atoms with Gasteiger partial charge in [-0.25, -0.2) is 4.79 Å². The molecule has 7 nitrogen and oxygen atoms in total. The number of thiol groups is 2. The van der Waals surface area contributed by atoms with Gasteiger partial charge in [-0.05, 0) is 11.6 Å². The first-order valence-corrected chi connectivity index (χ1v) is 7.60. The normalized spacial score (nSPS) is 13.0. The molecule has 0 unspecified atom stereocenters. The zero-order chi connectivity index (χ0) is 16.4. The number of rotatable bonds is 9. The maximum atomic E-state index is 11.6. The molecule has 10 heteroatoms. The average molecular weight is 357 g/mol. The van der Waals surface area contributed by atoms with Crippen LogP contribution in [-0.2, 0) is 23.9 Å². The number of amides is 2. The summed E-state index contributed by atoms with van der Waals surface area (Å²) in [6, 6.07) is -1.76. The predicted octanol–water partition coefficient (Wildman–Crippen LogP) is -0.466. The fraction of sp³-hybridized carbons (Fsp3) is 0.636. The number of carbonyl (C=O) groups excluding carboxylic acids is 4. The van der Waals surface area contributed by atoms with Crippen molar-refractivity contribution in [2.24, 2.45) is 0 Å². The Morgan fingerprint density at radius 1 is 1.10 bits per heavy atom. The molecule has 0 spiro atoms. The maximum Gasteiger partial charge on any atom is 0.329 e. The first-order chi connectivity index (χ1) is 9.81. The van der Waals surface area contributed by atoms with Crippen molar-refractivity contribution in [3.63, 3.8) is 0 Å². The van der Waals surface area contributed by atoms with Crippen LogP contribution in [0.25, 0.3) is 0 Å². The van der Waals surface area contributed by atoms with Crippen LogP contribution >= 0.6 is 36.9 Å². The van der Waals surface area contributed by atoms with Crippen LogP contribution in [0.2, 0.25) is 0 Å². The zero-order valence-electron chi connectivity index (χ0n) is 11.3. The molecule has 21 heavy (non-hydrogen) atoms. The molecule has 2 atom stereocenters. The van der Waals surface area contributed by atoms with Crippen molar-refractivity contribution in [2.75, 3.05) is 18.1 Å². The Morgan fingerprint density at radius 2 is 1.67 bits per heavy atom. The lowest BCUT2D eigenvalue weighted by molar-refractivity contribution is -0.147. The third kappa shape index (κ3) is 8.84. The highest BCUT2D eigenvalue weighted by Gasteiger charge is 2.20. The molecular formula is C11H17ClN2O5S2. The van der Waals surface area contributed by atoms with E-state index in [1.165, 1.54) is 6.92 Å². The number of halogens is 1. The van der Waals surface area contributed by atoms with E-state index in [1.54, 1.807) is 0 Å². The summed E-state index contributed by atoms with van der Waals surface area (Å²) >= 11 is 13.0. The summed E-state index contributed by atoms with van der Waals surface area (Å²) < 4.78 is 4.84. The molecule has 0 aromatic heterocycles. The largest absolute Gasteiger partial charge is 0.464 e. The highest BCUT2D eigenvalue weighted by Crippen LogP contribution is 1.97. The third-order valence-electron chi connectivity index (χ3n) is 2.21. The first-order valence-electron chi connectivity index (χ1n) is 5.96. The molecule has 0 saturated heterocycles. The molecule has 0 saturated carbocycles. The van der Waals surface area contributed by atoms with Crippen molar-refractivity contribution < 1.29 is 23.9 Å². The van der Waals surface area contributed by atoms with Crippen LogP contribution in [0.4, 0.5) is 0 Å². The topological polar surface area (TPSA) is 102 Å². The van der Waals surface area contributed by atoms with Gasteiger partial charge in [-0.3, -0.25) is 14.4 Å². The number of ether oxygens (including phenoxy) is 1. The second-order valence-corrected chi connectivity index (χ2v) is 5.06. The van der Waals surface area contributed by atoms with Crippen molar-refractivity contribution in [2.45, 2.75) is 25.4 Å². The summed E-state index contributed by atoms with van der Waals surface area (Å²) in [5.41, 5.74) is 0. The Bertz CT molecular complexity index is 408. The number of carbonyl (C=O) groups is 4. The van der Waals surface area contributed by atoms with Crippen LogP contribution in [0.1, 0.15) is 13.3 Å². The summed E-state index contributed by atoms with van der Waals surface area (Å²) in [4.78, 5) is 44.8. The van der Waals surface area contributed by atoms with Gasteiger partial charge in [0.25, 0.3) is 0 Å². The molecule has 0 heterocycles. The zero-order valence-corrected chi connectivity index (χ0v) is 13.8. The molecule has 2 amide bonds. The van der Waals surface area contributed by atoms with E-state index in [0.29, 0.717) is 0 Å². The fourth-order valence-corrected chi connectivity index (χ4v) is 1.95. The van der Waals surface area contributed by atoms with E-state index in [9.17, 15) is 19.2 Å². The molecule has 120 valence electrons. The second-order valence-electron chi connectivity index (χ2n) is 3.96. The van der Waals surface area contributed by atoms with Crippen LogP contribution in [0.15, 0.2) is 0 Å². The third-order valence-corrected chi connectivity index (χ3v) is 3.20. The van der Waals surface area contributed by atoms with Gasteiger partial charge in [0.2, 0.25) is 17.1 Å². The van der Waals surface area contributed by atoms with Crippen molar-refractivity contribution in [3.05, 3.63) is 0 Å². The van der Waals surface area contributed by atoms with Crippen LogP contribution < -0.4 is 10.6 Å². The van der Waals surface area contributed by atoms with Gasteiger partial charge in [-0.1, -0.05) is 0 Å². The summed E-state index contributed by atoms with van der Waals surface area (Å²) in [6.07, 6.45) is -0.139. The molecule has 0 aliphatic heterocycles. The molecular weight excluding hydrogens is 340 g/mol. The number of esters is 1. The first kappa shape index (κ1) is 20.1. The quantitative estimate of drug-likeness (QED) is 0.254. The van der Waals surface area contributed by atoms with E-state index in [0.717, 1.165) is 0 Å². The molecule has 0 aromatic rings. The van der Waals surface area contributed by atoms with Gasteiger partial charge in [0, 0.05) is 18.4 Å². The number of hydrogen-bond donors (Lipinski definition) is 4.